The molecular weight excluding hydrogens is 430 g/mol. The summed E-state index contributed by atoms with van der Waals surface area (Å²) >= 11 is 2.67. The fraction of sp³-hybridized carbons (Fsp3) is 0.474. The Morgan fingerprint density at radius 1 is 1.33 bits per heavy atom. The highest BCUT2D eigenvalue weighted by Crippen LogP contribution is 2.40. The molecule has 0 aliphatic carbocycles. The average molecular weight is 454 g/mol. The molecule has 162 valence electrons. The molecule has 2 N–H and O–H groups in total. The largest absolute Gasteiger partial charge is 0.477 e. The van der Waals surface area contributed by atoms with Crippen molar-refractivity contribution in [3.63, 3.8) is 0 Å². The summed E-state index contributed by atoms with van der Waals surface area (Å²) in [4.78, 5) is 51.6. The molecule has 0 saturated carbocycles. The number of rotatable bonds is 5. The van der Waals surface area contributed by atoms with Crippen LogP contribution in [-0.4, -0.2) is 62.7 Å². The van der Waals surface area contributed by atoms with Crippen LogP contribution in [0.5, 0.6) is 0 Å². The lowest BCUT2D eigenvalue weighted by Crippen LogP contribution is -2.71. The molecule has 0 bridgehead atoms. The monoisotopic (exact) mass is 453 g/mol. The maximum absolute atomic E-state index is 12.7. The zero-order chi connectivity index (χ0) is 22.2. The predicted molar refractivity (Wildman–Crippen MR) is 113 cm³/mol. The van der Waals surface area contributed by atoms with Gasteiger partial charge in [-0.3, -0.25) is 19.4 Å². The van der Waals surface area contributed by atoms with Gasteiger partial charge in [0.2, 0.25) is 5.91 Å². The minimum absolute atomic E-state index is 0.0734. The van der Waals surface area contributed by atoms with Crippen LogP contribution in [0.1, 0.15) is 27.7 Å². The van der Waals surface area contributed by atoms with E-state index < -0.39 is 40.9 Å². The Balaban J connectivity index is 1.69. The highest BCUT2D eigenvalue weighted by atomic mass is 32.2. The van der Waals surface area contributed by atoms with Gasteiger partial charge in [-0.15, -0.1) is 23.1 Å². The Labute approximate surface area is 182 Å². The fourth-order valence-corrected chi connectivity index (χ4v) is 5.11. The number of carbonyl (C=O) groups is 4. The molecule has 30 heavy (non-hydrogen) atoms. The molecule has 1 aromatic rings. The van der Waals surface area contributed by atoms with E-state index in [9.17, 15) is 24.3 Å². The number of amides is 3. The van der Waals surface area contributed by atoms with Gasteiger partial charge >= 0.3 is 12.1 Å². The molecule has 3 atom stereocenters. The van der Waals surface area contributed by atoms with E-state index in [2.05, 4.69) is 5.32 Å². The van der Waals surface area contributed by atoms with Crippen molar-refractivity contribution in [2.24, 2.45) is 0 Å². The van der Waals surface area contributed by atoms with E-state index in [-0.39, 0.29) is 17.5 Å². The smallest absolute Gasteiger partial charge is 0.415 e. The SMILES string of the molecule is CC1C=C(C(=O)O)N2C(=O)C(NC(=O)CN(C(=O)OC(C)(C)C)c3cccs3)[C@@H]2S1. The number of aliphatic carboxylic acids is 1. The van der Waals surface area contributed by atoms with Crippen LogP contribution in [0.15, 0.2) is 29.3 Å². The number of hydrogen-bond acceptors (Lipinski definition) is 7. The number of anilines is 1. The van der Waals surface area contributed by atoms with Gasteiger partial charge in [-0.1, -0.05) is 0 Å². The standard InChI is InChI=1S/C19H23N3O6S2/c1-10-8-11(17(25)26)22-15(24)14(16(22)30-10)20-12(23)9-21(13-6-5-7-29-13)18(27)28-19(2,3)4/h5-8,10,14,16H,9H2,1-4H3,(H,20,23)(H,25,26)/t10?,14?,16-/m0/s1. The first kappa shape index (κ1) is 22.2. The molecule has 1 aromatic heterocycles. The Bertz CT molecular complexity index is 893. The fourth-order valence-electron chi connectivity index (χ4n) is 3.06. The normalized spacial score (nSPS) is 23.1. The summed E-state index contributed by atoms with van der Waals surface area (Å²) < 4.78 is 5.39. The van der Waals surface area contributed by atoms with Gasteiger partial charge in [0.1, 0.15) is 34.3 Å². The van der Waals surface area contributed by atoms with Crippen molar-refractivity contribution in [2.45, 2.75) is 50.0 Å². The van der Waals surface area contributed by atoms with Crippen LogP contribution in [0.3, 0.4) is 0 Å². The third kappa shape index (κ3) is 4.62. The Morgan fingerprint density at radius 2 is 2.03 bits per heavy atom. The minimum Gasteiger partial charge on any atom is -0.477 e. The minimum atomic E-state index is -1.18. The molecule has 1 fully saturated rings. The molecule has 2 unspecified atom stereocenters. The quantitative estimate of drug-likeness (QED) is 0.657. The molecule has 2 aliphatic rings. The zero-order valence-electron chi connectivity index (χ0n) is 16.9. The summed E-state index contributed by atoms with van der Waals surface area (Å²) in [6.07, 6.45) is 0.846. The highest BCUT2D eigenvalue weighted by Gasteiger charge is 2.53. The maximum atomic E-state index is 12.7. The molecule has 3 rings (SSSR count). The summed E-state index contributed by atoms with van der Waals surface area (Å²) in [6, 6.07) is 2.60. The molecular formula is C19H23N3O6S2. The number of fused-ring (bicyclic) bond motifs is 1. The number of thioether (sulfide) groups is 1. The third-order valence-electron chi connectivity index (χ3n) is 4.27. The highest BCUT2D eigenvalue weighted by molar-refractivity contribution is 8.00. The summed E-state index contributed by atoms with van der Waals surface area (Å²) in [6.45, 7) is 6.69. The predicted octanol–water partition coefficient (Wildman–Crippen LogP) is 2.25. The van der Waals surface area contributed by atoms with Gasteiger partial charge in [-0.2, -0.15) is 0 Å². The summed E-state index contributed by atoms with van der Waals surface area (Å²) in [5.41, 5.74) is -0.808. The first-order valence-electron chi connectivity index (χ1n) is 9.25. The number of carbonyl (C=O) groups excluding carboxylic acids is 3. The second-order valence-corrected chi connectivity index (χ2v) is 10.3. The first-order chi connectivity index (χ1) is 14.0. The number of hydrogen-bond donors (Lipinski definition) is 2. The van der Waals surface area contributed by atoms with E-state index in [0.29, 0.717) is 5.00 Å². The lowest BCUT2D eigenvalue weighted by molar-refractivity contribution is -0.150. The molecule has 0 aromatic carbocycles. The van der Waals surface area contributed by atoms with E-state index in [0.717, 1.165) is 0 Å². The van der Waals surface area contributed by atoms with Crippen LogP contribution >= 0.6 is 23.1 Å². The molecule has 9 nitrogen and oxygen atoms in total. The van der Waals surface area contributed by atoms with Crippen molar-refractivity contribution in [2.75, 3.05) is 11.4 Å². The van der Waals surface area contributed by atoms with Crippen molar-refractivity contribution in [1.29, 1.82) is 0 Å². The van der Waals surface area contributed by atoms with Crippen LogP contribution in [-0.2, 0) is 19.1 Å². The lowest BCUT2D eigenvalue weighted by atomic mass is 10.0. The maximum Gasteiger partial charge on any atom is 0.415 e. The topological polar surface area (TPSA) is 116 Å². The van der Waals surface area contributed by atoms with Crippen LogP contribution < -0.4 is 10.2 Å². The van der Waals surface area contributed by atoms with Crippen molar-refractivity contribution in [3.8, 4) is 0 Å². The van der Waals surface area contributed by atoms with Crippen molar-refractivity contribution in [1.82, 2.24) is 10.2 Å². The first-order valence-corrected chi connectivity index (χ1v) is 11.1. The second kappa shape index (κ2) is 8.31. The Kier molecular flexibility index (Phi) is 6.14. The summed E-state index contributed by atoms with van der Waals surface area (Å²) in [7, 11) is 0. The number of ether oxygens (including phenoxy) is 1. The zero-order valence-corrected chi connectivity index (χ0v) is 18.6. The molecule has 2 aliphatic heterocycles. The van der Waals surface area contributed by atoms with Crippen LogP contribution in [0, 0.1) is 0 Å². The van der Waals surface area contributed by atoms with Gasteiger partial charge in [0, 0.05) is 5.25 Å². The molecule has 11 heteroatoms. The van der Waals surface area contributed by atoms with Gasteiger partial charge in [0.15, 0.2) is 0 Å². The van der Waals surface area contributed by atoms with Crippen LogP contribution in [0.25, 0.3) is 0 Å². The number of carboxylic acids is 1. The van der Waals surface area contributed by atoms with E-state index in [1.807, 2.05) is 6.92 Å². The number of carboxylic acid groups (broad SMARTS) is 1. The molecule has 3 heterocycles. The Morgan fingerprint density at radius 3 is 2.60 bits per heavy atom. The molecule has 0 radical (unpaired) electrons. The van der Waals surface area contributed by atoms with E-state index >= 15 is 0 Å². The lowest BCUT2D eigenvalue weighted by Gasteiger charge is -2.49. The van der Waals surface area contributed by atoms with Crippen LogP contribution in [0.4, 0.5) is 9.80 Å². The van der Waals surface area contributed by atoms with Gasteiger partial charge in [-0.05, 0) is 51.3 Å². The average Bonchev–Trinajstić information content (AvgIpc) is 3.16. The number of nitrogens with one attached hydrogen (secondary N) is 1. The van der Waals surface area contributed by atoms with E-state index in [4.69, 9.17) is 4.74 Å². The molecule has 0 spiro atoms. The number of thiophene rings is 1. The number of nitrogens with zero attached hydrogens (tertiary/aromatic N) is 2. The molecule has 1 saturated heterocycles. The van der Waals surface area contributed by atoms with Gasteiger partial charge in [0.05, 0.1) is 0 Å². The van der Waals surface area contributed by atoms with E-state index in [1.165, 1.54) is 39.0 Å². The van der Waals surface area contributed by atoms with Crippen molar-refractivity contribution in [3.05, 3.63) is 29.3 Å². The summed E-state index contributed by atoms with van der Waals surface area (Å²) in [5, 5.41) is 13.7. The third-order valence-corrected chi connectivity index (χ3v) is 6.49. The second-order valence-electron chi connectivity index (χ2n) is 7.86. The summed E-state index contributed by atoms with van der Waals surface area (Å²) in [5.74, 6) is -2.20. The molecule has 3 amide bonds. The Hall–Kier alpha value is -2.53. The van der Waals surface area contributed by atoms with Gasteiger partial charge in [-0.25, -0.2) is 9.59 Å². The van der Waals surface area contributed by atoms with Gasteiger partial charge in [0.25, 0.3) is 5.91 Å². The van der Waals surface area contributed by atoms with Crippen LogP contribution in [0.2, 0.25) is 0 Å². The van der Waals surface area contributed by atoms with Crippen molar-refractivity contribution < 1.29 is 29.0 Å². The van der Waals surface area contributed by atoms with Gasteiger partial charge < -0.3 is 15.2 Å². The van der Waals surface area contributed by atoms with E-state index in [1.54, 1.807) is 38.3 Å². The number of β-lactam (4-membered cyclic amide) rings is 1. The van der Waals surface area contributed by atoms with Crippen molar-refractivity contribution >= 4 is 52.0 Å².